The first-order chi connectivity index (χ1) is 3.27. The molecular formula is C4H10AlClO. The van der Waals surface area contributed by atoms with Gasteiger partial charge in [0.05, 0.1) is 0 Å². The summed E-state index contributed by atoms with van der Waals surface area (Å²) in [6.07, 6.45) is 1.07. The van der Waals surface area contributed by atoms with E-state index < -0.39 is 13.6 Å². The van der Waals surface area contributed by atoms with Gasteiger partial charge in [-0.25, -0.2) is 10.0 Å². The van der Waals surface area contributed by atoms with Crippen molar-refractivity contribution < 1.29 is 3.79 Å². The fourth-order valence-corrected chi connectivity index (χ4v) is 1.11. The molecule has 0 N–H and O–H groups in total. The van der Waals surface area contributed by atoms with Gasteiger partial charge in [-0.15, -0.1) is 0 Å². The minimum Gasteiger partial charge on any atom is -0.489 e. The number of hydrogen-bond donors (Lipinski definition) is 0. The summed E-state index contributed by atoms with van der Waals surface area (Å²) in [7, 11) is 5.57. The molecule has 0 saturated heterocycles. The molecule has 0 spiro atoms. The number of rotatable bonds is 3. The Morgan fingerprint density at radius 3 is 2.43 bits per heavy atom. The van der Waals surface area contributed by atoms with Crippen LogP contribution in [0, 0.1) is 0 Å². The van der Waals surface area contributed by atoms with Crippen LogP contribution in [0.25, 0.3) is 0 Å². The van der Waals surface area contributed by atoms with Crippen molar-refractivity contribution in [3.05, 3.63) is 0 Å². The van der Waals surface area contributed by atoms with Crippen LogP contribution in [0.1, 0.15) is 13.3 Å². The van der Waals surface area contributed by atoms with Crippen molar-refractivity contribution in [1.82, 2.24) is 0 Å². The Bertz CT molecular complexity index is 40.7. The third-order valence-electron chi connectivity index (χ3n) is 0.552. The van der Waals surface area contributed by atoms with E-state index in [9.17, 15) is 0 Å². The van der Waals surface area contributed by atoms with Crippen LogP contribution in [0.15, 0.2) is 0 Å². The zero-order valence-corrected chi connectivity index (χ0v) is 6.69. The number of hydrogen-bond acceptors (Lipinski definition) is 1. The molecule has 0 aromatic heterocycles. The third-order valence-corrected chi connectivity index (χ3v) is 1.62. The molecule has 3 heteroatoms. The summed E-state index contributed by atoms with van der Waals surface area (Å²) in [5, 5.41) is 0. The van der Waals surface area contributed by atoms with Crippen molar-refractivity contribution in [2.45, 2.75) is 19.1 Å². The van der Waals surface area contributed by atoms with Crippen LogP contribution in [-0.4, -0.2) is 20.2 Å². The summed E-state index contributed by atoms with van der Waals surface area (Å²) in [5.41, 5.74) is 0. The third kappa shape index (κ3) is 6.78. The molecule has 1 nitrogen and oxygen atoms in total. The second kappa shape index (κ2) is 4.93. The molecule has 7 heavy (non-hydrogen) atoms. The second-order valence-corrected chi connectivity index (χ2v) is 4.68. The molecule has 0 heterocycles. The van der Waals surface area contributed by atoms with E-state index in [1.165, 1.54) is 0 Å². The molecule has 0 atom stereocenters. The number of halogens is 1. The molecule has 0 rings (SSSR count). The topological polar surface area (TPSA) is 9.23 Å². The van der Waals surface area contributed by atoms with Gasteiger partial charge in [0.25, 0.3) is 0 Å². The SMILES string of the molecule is CCC[O][Al]([CH3])[Cl]. The molecule has 0 unspecified atom stereocenters. The van der Waals surface area contributed by atoms with E-state index in [0.29, 0.717) is 0 Å². The zero-order valence-electron chi connectivity index (χ0n) is 4.78. The predicted molar refractivity (Wildman–Crippen MR) is 33.7 cm³/mol. The van der Waals surface area contributed by atoms with Crippen LogP contribution in [0.4, 0.5) is 0 Å². The molecule has 0 aliphatic rings. The Morgan fingerprint density at radius 1 is 1.71 bits per heavy atom. The van der Waals surface area contributed by atoms with Gasteiger partial charge in [0, 0.05) is 6.61 Å². The van der Waals surface area contributed by atoms with Gasteiger partial charge >= 0.3 is 13.6 Å². The molecule has 42 valence electrons. The van der Waals surface area contributed by atoms with E-state index in [0.717, 1.165) is 13.0 Å². The Hall–Kier alpha value is 0.782. The van der Waals surface area contributed by atoms with E-state index in [4.69, 9.17) is 13.8 Å². The van der Waals surface area contributed by atoms with Crippen LogP contribution >= 0.6 is 10.0 Å². The van der Waals surface area contributed by atoms with Crippen LogP contribution in [0.5, 0.6) is 0 Å². The first-order valence-electron chi connectivity index (χ1n) is 2.53. The maximum atomic E-state index is 5.57. The Labute approximate surface area is 53.5 Å². The average molecular weight is 137 g/mol. The highest BCUT2D eigenvalue weighted by molar-refractivity contribution is 7.02. The lowest BCUT2D eigenvalue weighted by atomic mass is 10.5. The minimum absolute atomic E-state index is 0.830. The summed E-state index contributed by atoms with van der Waals surface area (Å²) in [4.78, 5) is 0. The monoisotopic (exact) mass is 136 g/mol. The van der Waals surface area contributed by atoms with Gasteiger partial charge in [-0.2, -0.15) is 0 Å². The van der Waals surface area contributed by atoms with Crippen LogP contribution in [0.2, 0.25) is 5.79 Å². The highest BCUT2D eigenvalue weighted by atomic mass is 35.6. The normalized spacial score (nSPS) is 9.00. The Kier molecular flexibility index (Phi) is 5.48. The van der Waals surface area contributed by atoms with Crippen LogP contribution in [0.3, 0.4) is 0 Å². The maximum absolute atomic E-state index is 5.57. The van der Waals surface area contributed by atoms with Crippen molar-refractivity contribution >= 4 is 23.6 Å². The van der Waals surface area contributed by atoms with Crippen LogP contribution < -0.4 is 0 Å². The lowest BCUT2D eigenvalue weighted by molar-refractivity contribution is 0.333. The molecule has 0 radical (unpaired) electrons. The van der Waals surface area contributed by atoms with Crippen molar-refractivity contribution in [2.24, 2.45) is 0 Å². The van der Waals surface area contributed by atoms with E-state index in [-0.39, 0.29) is 0 Å². The Balaban J connectivity index is 2.68. The highest BCUT2D eigenvalue weighted by Crippen LogP contribution is 1.90. The van der Waals surface area contributed by atoms with Crippen molar-refractivity contribution in [3.63, 3.8) is 0 Å². The van der Waals surface area contributed by atoms with Gasteiger partial charge in [0.1, 0.15) is 0 Å². The summed E-state index contributed by atoms with van der Waals surface area (Å²) >= 11 is -1.22. The smallest absolute Gasteiger partial charge is 0.489 e. The fourth-order valence-electron chi connectivity index (χ4n) is 0.280. The van der Waals surface area contributed by atoms with Crippen molar-refractivity contribution in [1.29, 1.82) is 0 Å². The lowest BCUT2D eigenvalue weighted by Gasteiger charge is -1.96. The summed E-state index contributed by atoms with van der Waals surface area (Å²) < 4.78 is 5.10. The highest BCUT2D eigenvalue weighted by Gasteiger charge is 2.05. The first kappa shape index (κ1) is 7.78. The molecule has 0 aromatic carbocycles. The standard InChI is InChI=1S/C3H7O.CH3.Al.ClH/c1-2-3-4;;;/h2-3H2,1H3;1H3;;1H/q-1;;+2;/p-1. The summed E-state index contributed by atoms with van der Waals surface area (Å²) in [5.74, 6) is 1.96. The van der Waals surface area contributed by atoms with Crippen molar-refractivity contribution in [2.75, 3.05) is 6.61 Å². The van der Waals surface area contributed by atoms with E-state index >= 15 is 0 Å². The molecular weight excluding hydrogens is 126 g/mol. The van der Waals surface area contributed by atoms with Gasteiger partial charge < -0.3 is 3.79 Å². The first-order valence-corrected chi connectivity index (χ1v) is 5.90. The average Bonchev–Trinajstić information content (AvgIpc) is 1.61. The molecule has 0 aliphatic carbocycles. The van der Waals surface area contributed by atoms with Gasteiger partial charge in [-0.1, -0.05) is 12.7 Å². The van der Waals surface area contributed by atoms with Gasteiger partial charge in [0.15, 0.2) is 0 Å². The molecule has 0 saturated carbocycles. The lowest BCUT2D eigenvalue weighted by Crippen LogP contribution is -2.04. The van der Waals surface area contributed by atoms with Gasteiger partial charge in [0.2, 0.25) is 0 Å². The quantitative estimate of drug-likeness (QED) is 0.538. The molecule has 0 aliphatic heterocycles. The van der Waals surface area contributed by atoms with Gasteiger partial charge in [-0.05, 0) is 6.42 Å². The molecule has 0 amide bonds. The zero-order chi connectivity index (χ0) is 5.70. The maximum Gasteiger partial charge on any atom is 0.588 e. The molecule has 0 aromatic rings. The largest absolute Gasteiger partial charge is 0.588 e. The second-order valence-electron chi connectivity index (χ2n) is 1.41. The van der Waals surface area contributed by atoms with E-state index in [1.807, 2.05) is 5.79 Å². The Morgan fingerprint density at radius 2 is 2.29 bits per heavy atom. The fraction of sp³-hybridized carbons (Fsp3) is 1.00. The van der Waals surface area contributed by atoms with E-state index in [2.05, 4.69) is 6.92 Å². The summed E-state index contributed by atoms with van der Waals surface area (Å²) in [6, 6.07) is 0. The van der Waals surface area contributed by atoms with E-state index in [1.54, 1.807) is 0 Å². The molecule has 0 bridgehead atoms. The molecule has 0 fully saturated rings. The van der Waals surface area contributed by atoms with Crippen molar-refractivity contribution in [3.8, 4) is 0 Å². The summed E-state index contributed by atoms with van der Waals surface area (Å²) in [6.45, 7) is 2.91. The van der Waals surface area contributed by atoms with Gasteiger partial charge in [-0.3, -0.25) is 0 Å². The van der Waals surface area contributed by atoms with Crippen LogP contribution in [-0.2, 0) is 3.79 Å². The minimum atomic E-state index is -1.22. The predicted octanol–water partition coefficient (Wildman–Crippen LogP) is 1.77.